The Hall–Kier alpha value is 0.270. The van der Waals surface area contributed by atoms with Crippen molar-refractivity contribution in [2.24, 2.45) is 0 Å². The monoisotopic (exact) mass is 726 g/mol. The molecular weight excluding hydrogens is 708 g/mol. The second-order valence-electron chi connectivity index (χ2n) is 4.91. The van der Waals surface area contributed by atoms with E-state index >= 15 is 0 Å². The van der Waals surface area contributed by atoms with Gasteiger partial charge in [-0.1, -0.05) is 0 Å². The van der Waals surface area contributed by atoms with E-state index in [1.165, 1.54) is 15.9 Å². The maximum absolute atomic E-state index is 4.16. The summed E-state index contributed by atoms with van der Waals surface area (Å²) in [7, 11) is 0. The Kier molecular flexibility index (Phi) is 11.3. The van der Waals surface area contributed by atoms with E-state index in [0.29, 0.717) is 0 Å². The Morgan fingerprint density at radius 3 is 0.880 bits per heavy atom. The maximum atomic E-state index is 4.16. The molecule has 0 bridgehead atoms. The number of halogens is 3. The molecule has 0 nitrogen and oxygen atoms in total. The summed E-state index contributed by atoms with van der Waals surface area (Å²) in [5.74, 6) is 0. The van der Waals surface area contributed by atoms with Crippen LogP contribution in [0.4, 0.5) is 0 Å². The van der Waals surface area contributed by atoms with Crippen LogP contribution in [0.3, 0.4) is 0 Å². The summed E-state index contributed by atoms with van der Waals surface area (Å²) in [6, 6.07) is 31.8. The van der Waals surface area contributed by atoms with Gasteiger partial charge >= 0.3 is 174 Å². The molecule has 0 aliphatic carbocycles. The molecule has 0 N–H and O–H groups in total. The SMILES string of the molecule is BrP(Br)(c1ccccc1)(c1ccccc1)c1ccccc1.[Br][Au].[CH3-].[CH3-]. The van der Waals surface area contributed by atoms with Crippen molar-refractivity contribution in [2.75, 3.05) is 0 Å². The van der Waals surface area contributed by atoms with E-state index in [1.54, 1.807) is 0 Å². The Morgan fingerprint density at radius 2 is 0.680 bits per heavy atom. The van der Waals surface area contributed by atoms with Crippen molar-refractivity contribution < 1.29 is 18.9 Å². The van der Waals surface area contributed by atoms with Crippen LogP contribution in [0.2, 0.25) is 0 Å². The van der Waals surface area contributed by atoms with Gasteiger partial charge in [-0.2, -0.15) is 0 Å². The first kappa shape index (κ1) is 25.3. The molecule has 0 saturated heterocycles. The van der Waals surface area contributed by atoms with Crippen molar-refractivity contribution >= 4 is 63.9 Å². The van der Waals surface area contributed by atoms with Crippen molar-refractivity contribution in [2.45, 2.75) is 0 Å². The second-order valence-corrected chi connectivity index (χ2v) is 19.6. The molecule has 0 aliphatic rings. The standard InChI is InChI=1S/C18H15Br2P.2CH3.Au.BrH/c19-21(20,16-10-4-1-5-11-16,17-12-6-2-7-13-17)18-14-8-3-9-15-18;;;;/h1-15H;2*1H3;;1H/q;2*-1;+1;/p-1. The number of hydrogen-bond acceptors (Lipinski definition) is 0. The molecule has 5 heteroatoms. The molecule has 0 atom stereocenters. The van der Waals surface area contributed by atoms with E-state index in [-0.39, 0.29) is 14.9 Å². The van der Waals surface area contributed by atoms with Crippen molar-refractivity contribution in [1.29, 1.82) is 0 Å². The topological polar surface area (TPSA) is 0 Å². The van der Waals surface area contributed by atoms with Gasteiger partial charge in [0.15, 0.2) is 0 Å². The summed E-state index contributed by atoms with van der Waals surface area (Å²) in [4.78, 5) is 0. The zero-order valence-electron chi connectivity index (χ0n) is 14.0. The van der Waals surface area contributed by atoms with Crippen LogP contribution in [0, 0.1) is 14.9 Å². The van der Waals surface area contributed by atoms with Crippen LogP contribution in [0.15, 0.2) is 91.0 Å². The quantitative estimate of drug-likeness (QED) is 0.157. The maximum Gasteiger partial charge on any atom is -0.358 e. The van der Waals surface area contributed by atoms with Gasteiger partial charge in [0.05, 0.1) is 0 Å². The summed E-state index contributed by atoms with van der Waals surface area (Å²) in [6.07, 6.45) is 0. The van der Waals surface area contributed by atoms with Crippen LogP contribution in [-0.2, 0) is 18.9 Å². The van der Waals surface area contributed by atoms with E-state index in [1.807, 2.05) is 0 Å². The largest absolute Gasteiger partial charge is 0.358 e. The molecule has 3 aromatic rings. The molecule has 0 unspecified atom stereocenters. The Balaban J connectivity index is 0.00000139. The molecule has 0 spiro atoms. The van der Waals surface area contributed by atoms with E-state index in [2.05, 4.69) is 154 Å². The van der Waals surface area contributed by atoms with E-state index in [0.717, 1.165) is 0 Å². The van der Waals surface area contributed by atoms with Gasteiger partial charge < -0.3 is 14.9 Å². The summed E-state index contributed by atoms with van der Waals surface area (Å²) in [5, 5.41) is 3.79. The molecule has 0 heterocycles. The minimum atomic E-state index is -2.75. The third-order valence-corrected chi connectivity index (χ3v) is 14.6. The average molecular weight is 729 g/mol. The van der Waals surface area contributed by atoms with Gasteiger partial charge in [0, 0.05) is 0 Å². The molecule has 140 valence electrons. The van der Waals surface area contributed by atoms with Gasteiger partial charge in [0.1, 0.15) is 0 Å². The average Bonchev–Trinajstić information content (AvgIpc) is 2.66. The zero-order chi connectivity index (χ0) is 16.8. The van der Waals surface area contributed by atoms with E-state index in [4.69, 9.17) is 0 Å². The molecule has 25 heavy (non-hydrogen) atoms. The van der Waals surface area contributed by atoms with Gasteiger partial charge in [-0.05, 0) is 0 Å². The predicted octanol–water partition coefficient (Wildman–Crippen LogP) is 6.88. The molecule has 0 fully saturated rings. The molecule has 0 saturated carbocycles. The normalized spacial score (nSPS) is 11.5. The van der Waals surface area contributed by atoms with Crippen LogP contribution in [0.1, 0.15) is 0 Å². The molecule has 3 aromatic carbocycles. The van der Waals surface area contributed by atoms with Gasteiger partial charge in [-0.15, -0.1) is 0 Å². The van der Waals surface area contributed by atoms with Crippen LogP contribution in [0.25, 0.3) is 0 Å². The molecule has 0 radical (unpaired) electrons. The van der Waals surface area contributed by atoms with Gasteiger partial charge in [0.25, 0.3) is 0 Å². The summed E-state index contributed by atoms with van der Waals surface area (Å²) in [6.45, 7) is 0. The smallest absolute Gasteiger partial charge is 0.358 e. The summed E-state index contributed by atoms with van der Waals surface area (Å²) >= 11 is 13.3. The van der Waals surface area contributed by atoms with Crippen LogP contribution < -0.4 is 15.9 Å². The van der Waals surface area contributed by atoms with Crippen LogP contribution in [-0.4, -0.2) is 0 Å². The van der Waals surface area contributed by atoms with E-state index < -0.39 is 4.01 Å². The Bertz CT molecular complexity index is 631. The zero-order valence-corrected chi connectivity index (χ0v) is 21.9. The molecule has 0 amide bonds. The van der Waals surface area contributed by atoms with Gasteiger partial charge in [-0.3, -0.25) is 0 Å². The fraction of sp³-hybridized carbons (Fsp3) is 0. The van der Waals surface area contributed by atoms with Crippen molar-refractivity contribution in [3.05, 3.63) is 106 Å². The minimum Gasteiger partial charge on any atom is -0.358 e. The first-order valence-electron chi connectivity index (χ1n) is 6.85. The summed E-state index contributed by atoms with van der Waals surface area (Å²) < 4.78 is -2.75. The molecule has 0 aliphatic heterocycles. The third-order valence-electron chi connectivity index (χ3n) is 3.63. The second kappa shape index (κ2) is 11.2. The molecular formula is C20H21AuBr3P-2. The number of rotatable bonds is 3. The van der Waals surface area contributed by atoms with Crippen LogP contribution in [0.5, 0.6) is 0 Å². The number of hydrogen-bond donors (Lipinski definition) is 0. The van der Waals surface area contributed by atoms with E-state index in [9.17, 15) is 0 Å². The van der Waals surface area contributed by atoms with Crippen molar-refractivity contribution in [1.82, 2.24) is 0 Å². The molecule has 3 rings (SSSR count). The Morgan fingerprint density at radius 1 is 0.480 bits per heavy atom. The number of benzene rings is 3. The fourth-order valence-electron chi connectivity index (χ4n) is 2.52. The van der Waals surface area contributed by atoms with Gasteiger partial charge in [-0.25, -0.2) is 0 Å². The summed E-state index contributed by atoms with van der Waals surface area (Å²) in [5.41, 5.74) is 0. The molecule has 0 aromatic heterocycles. The Labute approximate surface area is 187 Å². The van der Waals surface area contributed by atoms with Crippen LogP contribution >= 0.6 is 48.0 Å². The predicted molar refractivity (Wildman–Crippen MR) is 125 cm³/mol. The van der Waals surface area contributed by atoms with Gasteiger partial charge in [0.2, 0.25) is 0 Å². The minimum absolute atomic E-state index is 0. The van der Waals surface area contributed by atoms with Crippen molar-refractivity contribution in [3.8, 4) is 0 Å². The van der Waals surface area contributed by atoms with Crippen molar-refractivity contribution in [3.63, 3.8) is 0 Å². The first-order valence-corrected chi connectivity index (χ1v) is 17.9. The first-order chi connectivity index (χ1) is 11.1. The fourth-order valence-corrected chi connectivity index (χ4v) is 9.75. The third kappa shape index (κ3) is 5.17.